The molecule has 0 spiro atoms. The van der Waals surface area contributed by atoms with Gasteiger partial charge in [0.2, 0.25) is 0 Å². The van der Waals surface area contributed by atoms with Gasteiger partial charge < -0.3 is 10.2 Å². The van der Waals surface area contributed by atoms with E-state index in [1.54, 1.807) is 0 Å². The first-order valence-corrected chi connectivity index (χ1v) is 6.30. The number of carbonyl (C=O) groups excluding carboxylic acids is 1. The molecule has 1 saturated carbocycles. The minimum atomic E-state index is 0.123. The van der Waals surface area contributed by atoms with Crippen LogP contribution in [0.5, 0.6) is 0 Å². The van der Waals surface area contributed by atoms with E-state index in [2.05, 4.69) is 19.2 Å². The van der Waals surface area contributed by atoms with Gasteiger partial charge in [0.15, 0.2) is 0 Å². The van der Waals surface area contributed by atoms with E-state index in [1.807, 2.05) is 4.90 Å². The fraction of sp³-hybridized carbons (Fsp3) is 0.917. The fourth-order valence-corrected chi connectivity index (χ4v) is 1.83. The van der Waals surface area contributed by atoms with Gasteiger partial charge in [-0.15, -0.1) is 0 Å². The van der Waals surface area contributed by atoms with Crippen molar-refractivity contribution in [2.45, 2.75) is 46.0 Å². The Labute approximate surface area is 93.2 Å². The highest BCUT2D eigenvalue weighted by atomic mass is 16.2. The van der Waals surface area contributed by atoms with Crippen LogP contribution in [0.2, 0.25) is 0 Å². The average Bonchev–Trinajstić information content (AvgIpc) is 2.16. The van der Waals surface area contributed by atoms with Crippen molar-refractivity contribution >= 4 is 6.03 Å². The molecule has 1 aliphatic rings. The molecule has 1 fully saturated rings. The molecule has 0 aromatic carbocycles. The minimum Gasteiger partial charge on any atom is -0.338 e. The number of hydrogen-bond donors (Lipinski definition) is 1. The van der Waals surface area contributed by atoms with Gasteiger partial charge in [0.1, 0.15) is 0 Å². The van der Waals surface area contributed by atoms with E-state index in [4.69, 9.17) is 0 Å². The zero-order valence-corrected chi connectivity index (χ0v) is 10.1. The molecule has 3 nitrogen and oxygen atoms in total. The average molecular weight is 212 g/mol. The van der Waals surface area contributed by atoms with Crippen molar-refractivity contribution < 1.29 is 4.79 Å². The van der Waals surface area contributed by atoms with Crippen LogP contribution in [0.3, 0.4) is 0 Å². The smallest absolute Gasteiger partial charge is 0.317 e. The minimum absolute atomic E-state index is 0.123. The van der Waals surface area contributed by atoms with Crippen molar-refractivity contribution in [1.82, 2.24) is 10.2 Å². The molecule has 2 amide bonds. The number of unbranched alkanes of at least 4 members (excludes halogenated alkanes) is 1. The summed E-state index contributed by atoms with van der Waals surface area (Å²) in [5.74, 6) is 0.766. The van der Waals surface area contributed by atoms with Crippen molar-refractivity contribution in [3.8, 4) is 0 Å². The lowest BCUT2D eigenvalue weighted by atomic mass is 9.85. The summed E-state index contributed by atoms with van der Waals surface area (Å²) in [4.78, 5) is 13.7. The largest absolute Gasteiger partial charge is 0.338 e. The summed E-state index contributed by atoms with van der Waals surface area (Å²) in [6.07, 6.45) is 6.17. The SMILES string of the molecule is CCCCNC(=O)N(CC)CC1CCC1. The molecule has 15 heavy (non-hydrogen) atoms. The Hall–Kier alpha value is -0.730. The maximum absolute atomic E-state index is 11.7. The van der Waals surface area contributed by atoms with Gasteiger partial charge in [-0.05, 0) is 32.1 Å². The maximum Gasteiger partial charge on any atom is 0.317 e. The van der Waals surface area contributed by atoms with E-state index in [-0.39, 0.29) is 6.03 Å². The second-order valence-electron chi connectivity index (χ2n) is 4.42. The van der Waals surface area contributed by atoms with Crippen molar-refractivity contribution in [3.05, 3.63) is 0 Å². The first-order chi connectivity index (χ1) is 7.27. The predicted octanol–water partition coefficient (Wildman–Crippen LogP) is 2.62. The molecule has 0 aliphatic heterocycles. The third-order valence-corrected chi connectivity index (χ3v) is 3.18. The Morgan fingerprint density at radius 2 is 2.13 bits per heavy atom. The molecule has 1 N–H and O–H groups in total. The molecule has 0 aromatic rings. The summed E-state index contributed by atoms with van der Waals surface area (Å²) >= 11 is 0. The highest BCUT2D eigenvalue weighted by Gasteiger charge is 2.22. The standard InChI is InChI=1S/C12H24N2O/c1-3-5-9-13-12(15)14(4-2)10-11-7-6-8-11/h11H,3-10H2,1-2H3,(H,13,15). The second kappa shape index (κ2) is 6.70. The topological polar surface area (TPSA) is 32.3 Å². The van der Waals surface area contributed by atoms with Crippen LogP contribution in [-0.4, -0.2) is 30.6 Å². The van der Waals surface area contributed by atoms with Gasteiger partial charge in [0.25, 0.3) is 0 Å². The van der Waals surface area contributed by atoms with E-state index in [1.165, 1.54) is 19.3 Å². The Morgan fingerprint density at radius 1 is 1.40 bits per heavy atom. The monoisotopic (exact) mass is 212 g/mol. The summed E-state index contributed by atoms with van der Waals surface area (Å²) < 4.78 is 0. The lowest BCUT2D eigenvalue weighted by molar-refractivity contribution is 0.171. The quantitative estimate of drug-likeness (QED) is 0.674. The van der Waals surface area contributed by atoms with Crippen LogP contribution >= 0.6 is 0 Å². The van der Waals surface area contributed by atoms with Crippen LogP contribution in [0.1, 0.15) is 46.0 Å². The summed E-state index contributed by atoms with van der Waals surface area (Å²) in [6, 6.07) is 0.123. The number of nitrogens with one attached hydrogen (secondary N) is 1. The molecule has 0 heterocycles. The summed E-state index contributed by atoms with van der Waals surface area (Å²) in [5.41, 5.74) is 0. The van der Waals surface area contributed by atoms with Crippen molar-refractivity contribution in [2.24, 2.45) is 5.92 Å². The Morgan fingerprint density at radius 3 is 2.60 bits per heavy atom. The van der Waals surface area contributed by atoms with Gasteiger partial charge in [0, 0.05) is 19.6 Å². The number of nitrogens with zero attached hydrogens (tertiary/aromatic N) is 1. The molecule has 0 atom stereocenters. The van der Waals surface area contributed by atoms with E-state index in [0.29, 0.717) is 0 Å². The van der Waals surface area contributed by atoms with Gasteiger partial charge >= 0.3 is 6.03 Å². The Bertz CT molecular complexity index is 190. The molecule has 0 saturated heterocycles. The van der Waals surface area contributed by atoms with E-state index in [0.717, 1.165) is 38.4 Å². The molecular formula is C12H24N2O. The van der Waals surface area contributed by atoms with Crippen LogP contribution in [0.15, 0.2) is 0 Å². The van der Waals surface area contributed by atoms with Gasteiger partial charge in [-0.1, -0.05) is 19.8 Å². The van der Waals surface area contributed by atoms with Crippen molar-refractivity contribution in [2.75, 3.05) is 19.6 Å². The highest BCUT2D eigenvalue weighted by Crippen LogP contribution is 2.26. The number of urea groups is 1. The number of hydrogen-bond acceptors (Lipinski definition) is 1. The summed E-state index contributed by atoms with van der Waals surface area (Å²) in [6.45, 7) is 6.79. The van der Waals surface area contributed by atoms with Crippen LogP contribution in [-0.2, 0) is 0 Å². The fourth-order valence-electron chi connectivity index (χ4n) is 1.83. The third-order valence-electron chi connectivity index (χ3n) is 3.18. The van der Waals surface area contributed by atoms with Gasteiger partial charge in [-0.2, -0.15) is 0 Å². The second-order valence-corrected chi connectivity index (χ2v) is 4.42. The molecule has 0 aromatic heterocycles. The van der Waals surface area contributed by atoms with Gasteiger partial charge in [-0.3, -0.25) is 0 Å². The molecule has 0 bridgehead atoms. The zero-order chi connectivity index (χ0) is 11.1. The predicted molar refractivity (Wildman–Crippen MR) is 62.9 cm³/mol. The number of amides is 2. The lowest BCUT2D eigenvalue weighted by Crippen LogP contribution is -2.43. The van der Waals surface area contributed by atoms with Crippen LogP contribution in [0, 0.1) is 5.92 Å². The number of rotatable bonds is 6. The van der Waals surface area contributed by atoms with Crippen molar-refractivity contribution in [3.63, 3.8) is 0 Å². The van der Waals surface area contributed by atoms with E-state index >= 15 is 0 Å². The zero-order valence-electron chi connectivity index (χ0n) is 10.1. The summed E-state index contributed by atoms with van der Waals surface area (Å²) in [7, 11) is 0. The van der Waals surface area contributed by atoms with Crippen molar-refractivity contribution in [1.29, 1.82) is 0 Å². The highest BCUT2D eigenvalue weighted by molar-refractivity contribution is 5.74. The first-order valence-electron chi connectivity index (χ1n) is 6.30. The van der Waals surface area contributed by atoms with Crippen LogP contribution in [0.25, 0.3) is 0 Å². The molecule has 1 aliphatic carbocycles. The number of carbonyl (C=O) groups is 1. The van der Waals surface area contributed by atoms with Gasteiger partial charge in [0.05, 0.1) is 0 Å². The normalized spacial score (nSPS) is 15.9. The maximum atomic E-state index is 11.7. The van der Waals surface area contributed by atoms with Crippen LogP contribution in [0.4, 0.5) is 4.79 Å². The Kier molecular flexibility index (Phi) is 5.51. The molecule has 0 radical (unpaired) electrons. The van der Waals surface area contributed by atoms with Crippen LogP contribution < -0.4 is 5.32 Å². The molecule has 88 valence electrons. The molecule has 0 unspecified atom stereocenters. The summed E-state index contributed by atoms with van der Waals surface area (Å²) in [5, 5.41) is 2.98. The third kappa shape index (κ3) is 4.10. The molecule has 3 heteroatoms. The molecular weight excluding hydrogens is 188 g/mol. The van der Waals surface area contributed by atoms with Gasteiger partial charge in [-0.25, -0.2) is 4.79 Å². The Balaban J connectivity index is 2.19. The first kappa shape index (κ1) is 12.3. The van der Waals surface area contributed by atoms with E-state index < -0.39 is 0 Å². The lowest BCUT2D eigenvalue weighted by Gasteiger charge is -2.31. The van der Waals surface area contributed by atoms with E-state index in [9.17, 15) is 4.79 Å². The molecule has 1 rings (SSSR count).